The molecule has 5 heteroatoms. The lowest BCUT2D eigenvalue weighted by Crippen LogP contribution is -2.20. The van der Waals surface area contributed by atoms with Crippen molar-refractivity contribution in [2.45, 2.75) is 19.8 Å². The number of nitrogens with two attached hydrogens (primary N) is 1. The molecule has 5 nitrogen and oxygen atoms in total. The van der Waals surface area contributed by atoms with E-state index in [4.69, 9.17) is 5.73 Å². The minimum atomic E-state index is -0.476. The van der Waals surface area contributed by atoms with Crippen LogP contribution < -0.4 is 11.3 Å². The van der Waals surface area contributed by atoms with Crippen LogP contribution in [-0.2, 0) is 11.2 Å². The summed E-state index contributed by atoms with van der Waals surface area (Å²) >= 11 is 0. The fourth-order valence-corrected chi connectivity index (χ4v) is 2.99. The first-order valence-corrected chi connectivity index (χ1v) is 6.45. The highest BCUT2D eigenvalue weighted by atomic mass is 16.1. The maximum atomic E-state index is 12.5. The van der Waals surface area contributed by atoms with Gasteiger partial charge in [-0.2, -0.15) is 0 Å². The highest BCUT2D eigenvalue weighted by molar-refractivity contribution is 6.13. The number of fused-ring (bicyclic) bond motifs is 3. The third-order valence-electron chi connectivity index (χ3n) is 3.89. The Morgan fingerprint density at radius 1 is 1.40 bits per heavy atom. The number of benzene rings is 1. The van der Waals surface area contributed by atoms with E-state index in [-0.39, 0.29) is 17.8 Å². The minimum Gasteiger partial charge on any atom is -0.370 e. The second-order valence-electron chi connectivity index (χ2n) is 5.28. The second kappa shape index (κ2) is 4.30. The van der Waals surface area contributed by atoms with Crippen molar-refractivity contribution in [2.75, 3.05) is 0 Å². The molecule has 0 saturated heterocycles. The van der Waals surface area contributed by atoms with Gasteiger partial charge in [0.1, 0.15) is 0 Å². The van der Waals surface area contributed by atoms with Crippen LogP contribution in [-0.4, -0.2) is 16.7 Å². The number of rotatable bonds is 2. The molecule has 1 amide bonds. The molecule has 1 heterocycles. The third kappa shape index (κ3) is 1.82. The summed E-state index contributed by atoms with van der Waals surface area (Å²) in [5, 5.41) is 1.49. The first-order valence-electron chi connectivity index (χ1n) is 6.45. The highest BCUT2D eigenvalue weighted by Crippen LogP contribution is 2.35. The smallest absolute Gasteiger partial charge is 0.248 e. The third-order valence-corrected chi connectivity index (χ3v) is 3.89. The van der Waals surface area contributed by atoms with Gasteiger partial charge in [0.05, 0.1) is 0 Å². The van der Waals surface area contributed by atoms with Crippen LogP contribution in [0.4, 0.5) is 0 Å². The van der Waals surface area contributed by atoms with Gasteiger partial charge in [-0.05, 0) is 41.3 Å². The van der Waals surface area contributed by atoms with Gasteiger partial charge in [-0.15, -0.1) is 0 Å². The molecule has 0 spiro atoms. The lowest BCUT2D eigenvalue weighted by atomic mass is 9.97. The summed E-state index contributed by atoms with van der Waals surface area (Å²) in [5.74, 6) is -0.958. The molecular weight excluding hydrogens is 256 g/mol. The average Bonchev–Trinajstić information content (AvgIpc) is 2.69. The normalized spacial score (nSPS) is 17.4. The fraction of sp³-hybridized carbons (Fsp3) is 0.267. The highest BCUT2D eigenvalue weighted by Gasteiger charge is 2.34. The van der Waals surface area contributed by atoms with Crippen LogP contribution in [0.15, 0.2) is 23.1 Å². The molecule has 2 aromatic rings. The molecule has 0 saturated carbocycles. The predicted octanol–water partition coefficient (Wildman–Crippen LogP) is 1.07. The van der Waals surface area contributed by atoms with Crippen LogP contribution in [0.3, 0.4) is 0 Å². The molecule has 1 aliphatic rings. The number of Topliss-reactive ketones (excluding diaryl/α,β-unsaturated/α-hetero) is 1. The van der Waals surface area contributed by atoms with Crippen LogP contribution in [0.2, 0.25) is 0 Å². The Morgan fingerprint density at radius 2 is 2.15 bits per heavy atom. The van der Waals surface area contributed by atoms with Crippen LogP contribution in [0.25, 0.3) is 10.8 Å². The van der Waals surface area contributed by atoms with E-state index in [1.807, 2.05) is 13.0 Å². The Balaban J connectivity index is 2.24. The largest absolute Gasteiger partial charge is 0.370 e. The fourth-order valence-electron chi connectivity index (χ4n) is 2.99. The Kier molecular flexibility index (Phi) is 2.71. The summed E-state index contributed by atoms with van der Waals surface area (Å²) in [5.41, 5.74) is 7.47. The lowest BCUT2D eigenvalue weighted by molar-refractivity contribution is -0.118. The number of amides is 1. The van der Waals surface area contributed by atoms with E-state index in [2.05, 4.69) is 4.98 Å². The monoisotopic (exact) mass is 270 g/mol. The van der Waals surface area contributed by atoms with E-state index in [1.54, 1.807) is 6.20 Å². The molecule has 1 aromatic carbocycles. The number of aromatic amines is 1. The number of aromatic nitrogens is 1. The van der Waals surface area contributed by atoms with Gasteiger partial charge in [-0.25, -0.2) is 0 Å². The van der Waals surface area contributed by atoms with E-state index in [9.17, 15) is 14.4 Å². The van der Waals surface area contributed by atoms with Gasteiger partial charge in [-0.3, -0.25) is 14.4 Å². The van der Waals surface area contributed by atoms with E-state index >= 15 is 0 Å². The molecule has 0 radical (unpaired) electrons. The summed E-state index contributed by atoms with van der Waals surface area (Å²) in [6, 6.07) is 3.39. The number of carbonyl (C=O) groups excluding carboxylic acids is 2. The van der Waals surface area contributed by atoms with Crippen molar-refractivity contribution >= 4 is 22.5 Å². The zero-order chi connectivity index (χ0) is 14.4. The number of pyridine rings is 1. The zero-order valence-corrected chi connectivity index (χ0v) is 11.0. The lowest BCUT2D eigenvalue weighted by Gasteiger charge is -2.07. The molecule has 0 bridgehead atoms. The van der Waals surface area contributed by atoms with Crippen molar-refractivity contribution in [3.05, 3.63) is 45.4 Å². The van der Waals surface area contributed by atoms with Gasteiger partial charge < -0.3 is 10.7 Å². The van der Waals surface area contributed by atoms with Gasteiger partial charge in [0, 0.05) is 30.2 Å². The van der Waals surface area contributed by atoms with Crippen molar-refractivity contribution in [3.63, 3.8) is 0 Å². The van der Waals surface area contributed by atoms with Gasteiger partial charge in [0.25, 0.3) is 0 Å². The molecule has 0 fully saturated rings. The number of nitrogens with one attached hydrogen (secondary N) is 1. The molecule has 3 rings (SSSR count). The summed E-state index contributed by atoms with van der Waals surface area (Å²) in [7, 11) is 0. The van der Waals surface area contributed by atoms with Crippen LogP contribution in [0.1, 0.15) is 27.9 Å². The zero-order valence-electron chi connectivity index (χ0n) is 11.0. The predicted molar refractivity (Wildman–Crippen MR) is 74.6 cm³/mol. The van der Waals surface area contributed by atoms with E-state index in [0.29, 0.717) is 17.4 Å². The quantitative estimate of drug-likeness (QED) is 0.854. The van der Waals surface area contributed by atoms with Crippen molar-refractivity contribution in [1.82, 2.24) is 4.98 Å². The number of H-pyrrole nitrogens is 1. The maximum Gasteiger partial charge on any atom is 0.248 e. The van der Waals surface area contributed by atoms with Crippen LogP contribution in [0, 0.1) is 12.8 Å². The number of carbonyl (C=O) groups is 2. The molecule has 20 heavy (non-hydrogen) atoms. The number of hydrogen-bond donors (Lipinski definition) is 2. The molecule has 102 valence electrons. The molecule has 3 N–H and O–H groups in total. The topological polar surface area (TPSA) is 93.0 Å². The van der Waals surface area contributed by atoms with Crippen LogP contribution in [0.5, 0.6) is 0 Å². The summed E-state index contributed by atoms with van der Waals surface area (Å²) < 4.78 is 0. The van der Waals surface area contributed by atoms with E-state index < -0.39 is 11.8 Å². The first-order chi connectivity index (χ1) is 9.47. The van der Waals surface area contributed by atoms with Crippen molar-refractivity contribution < 1.29 is 9.59 Å². The molecule has 0 aliphatic heterocycles. The average molecular weight is 270 g/mol. The number of primary amides is 1. The van der Waals surface area contributed by atoms with Crippen molar-refractivity contribution in [2.24, 2.45) is 11.7 Å². The summed E-state index contributed by atoms with van der Waals surface area (Å²) in [6.07, 6.45) is 2.18. The maximum absolute atomic E-state index is 12.5. The van der Waals surface area contributed by atoms with Gasteiger partial charge >= 0.3 is 0 Å². The van der Waals surface area contributed by atoms with E-state index in [1.165, 1.54) is 6.07 Å². The van der Waals surface area contributed by atoms with Gasteiger partial charge in [0.15, 0.2) is 5.78 Å². The van der Waals surface area contributed by atoms with Crippen molar-refractivity contribution in [3.8, 4) is 0 Å². The minimum absolute atomic E-state index is 0.0532. The summed E-state index contributed by atoms with van der Waals surface area (Å²) in [4.78, 5) is 37.7. The van der Waals surface area contributed by atoms with Crippen molar-refractivity contribution in [1.29, 1.82) is 0 Å². The second-order valence-corrected chi connectivity index (χ2v) is 5.28. The van der Waals surface area contributed by atoms with Gasteiger partial charge in [0.2, 0.25) is 11.5 Å². The molecule has 0 unspecified atom stereocenters. The number of ketones is 1. The van der Waals surface area contributed by atoms with Gasteiger partial charge in [-0.1, -0.05) is 0 Å². The number of hydrogen-bond acceptors (Lipinski definition) is 3. The Labute approximate surface area is 114 Å². The Morgan fingerprint density at radius 3 is 2.85 bits per heavy atom. The van der Waals surface area contributed by atoms with Crippen LogP contribution >= 0.6 is 0 Å². The Bertz CT molecular complexity index is 805. The summed E-state index contributed by atoms with van der Waals surface area (Å²) in [6.45, 7) is 1.93. The SMILES string of the molecule is Cc1cc2c[nH]c(=O)cc2c2c1C[C@@H](CC(N)=O)C2=O. The van der Waals surface area contributed by atoms with E-state index in [0.717, 1.165) is 16.5 Å². The molecule has 1 aromatic heterocycles. The molecule has 1 aliphatic carbocycles. The standard InChI is InChI=1S/C15H14N2O3/c1-7-2-9-6-17-13(19)5-11(9)14-10(7)3-8(15(14)20)4-12(16)18/h2,5-6,8H,3-4H2,1H3,(H2,16,18)(H,17,19)/t8-/m0/s1. The Hall–Kier alpha value is -2.43. The molecule has 1 atom stereocenters. The molecular formula is C15H14N2O3. The number of aryl methyl sites for hydroxylation is 1. The first kappa shape index (κ1) is 12.6.